The Morgan fingerprint density at radius 3 is 0.944 bits per heavy atom. The fourth-order valence-electron chi connectivity index (χ4n) is 18.1. The summed E-state index contributed by atoms with van der Waals surface area (Å²) in [4.78, 5) is 10.9. The van der Waals surface area contributed by atoms with E-state index < -0.39 is 0 Å². The molecule has 0 atom stereocenters. The third kappa shape index (κ3) is 8.83. The summed E-state index contributed by atoms with van der Waals surface area (Å²) in [6, 6.07) is 130. The Kier molecular flexibility index (Phi) is 13.1. The first-order valence-electron chi connectivity index (χ1n) is 36.9. The lowest BCUT2D eigenvalue weighted by Gasteiger charge is -2.15. The molecule has 0 saturated heterocycles. The molecule has 500 valence electrons. The van der Waals surface area contributed by atoms with Gasteiger partial charge in [0.2, 0.25) is 0 Å². The van der Waals surface area contributed by atoms with Crippen molar-refractivity contribution in [2.24, 2.45) is 0 Å². The van der Waals surface area contributed by atoms with Crippen LogP contribution in [0.15, 0.2) is 373 Å². The SMILES string of the molecule is c1ccc(-c2ccc(-c3cc(-n4c5ccccc5c5c6c7ccccc7c7ccccc7c6c6c7ccccc7oc6c54)nc4ccccc34)cc2)cc1.c1ccc(-c2cccc(-c3cc(-n4c5ccccc5c5c6c7ccccc7c7ccccc7c6c6c7ccccc7oc6c54)nc4ccccc34)c2)cc1. The molecule has 0 spiro atoms. The van der Waals surface area contributed by atoms with Crippen molar-refractivity contribution < 1.29 is 8.83 Å². The largest absolute Gasteiger partial charge is 0.454 e. The van der Waals surface area contributed by atoms with Gasteiger partial charge in [-0.3, -0.25) is 9.13 Å². The molecule has 6 nitrogen and oxygen atoms in total. The maximum absolute atomic E-state index is 7.04. The molecular formula is C102H60N4O2. The highest BCUT2D eigenvalue weighted by molar-refractivity contribution is 6.46. The van der Waals surface area contributed by atoms with Crippen LogP contribution in [-0.4, -0.2) is 19.1 Å². The number of furan rings is 2. The highest BCUT2D eigenvalue weighted by Crippen LogP contribution is 2.53. The van der Waals surface area contributed by atoms with Gasteiger partial charge in [0.1, 0.15) is 22.8 Å². The van der Waals surface area contributed by atoms with Crippen molar-refractivity contribution in [2.75, 3.05) is 0 Å². The predicted octanol–water partition coefficient (Wildman–Crippen LogP) is 28.0. The van der Waals surface area contributed by atoms with Crippen molar-refractivity contribution in [3.63, 3.8) is 0 Å². The quantitative estimate of drug-likeness (QED) is 0.156. The number of pyridine rings is 2. The summed E-state index contributed by atoms with van der Waals surface area (Å²) in [6.07, 6.45) is 0. The molecule has 0 aliphatic heterocycles. The summed E-state index contributed by atoms with van der Waals surface area (Å²) in [6.45, 7) is 0. The van der Waals surface area contributed by atoms with Crippen LogP contribution in [0.25, 0.3) is 230 Å². The van der Waals surface area contributed by atoms with Crippen LogP contribution in [0.4, 0.5) is 0 Å². The number of para-hydroxylation sites is 6. The van der Waals surface area contributed by atoms with E-state index in [1.807, 2.05) is 0 Å². The number of rotatable bonds is 6. The molecule has 0 bridgehead atoms. The maximum atomic E-state index is 7.04. The molecule has 0 aliphatic carbocycles. The van der Waals surface area contributed by atoms with Crippen LogP contribution in [0.5, 0.6) is 0 Å². The fourth-order valence-corrected chi connectivity index (χ4v) is 18.1. The van der Waals surface area contributed by atoms with E-state index in [2.05, 4.69) is 373 Å². The molecular weight excluding hydrogens is 1310 g/mol. The Bertz CT molecular complexity index is 7920. The number of hydrogen-bond donors (Lipinski definition) is 0. The van der Waals surface area contributed by atoms with E-state index in [-0.39, 0.29) is 0 Å². The number of nitrogens with zero attached hydrogens (tertiary/aromatic N) is 4. The minimum absolute atomic E-state index is 0.853. The lowest BCUT2D eigenvalue weighted by Crippen LogP contribution is -2.00. The second-order valence-corrected chi connectivity index (χ2v) is 28.4. The lowest BCUT2D eigenvalue weighted by molar-refractivity contribution is 0.671. The smallest absolute Gasteiger partial charge is 0.160 e. The third-order valence-electron chi connectivity index (χ3n) is 22.7. The van der Waals surface area contributed by atoms with E-state index in [4.69, 9.17) is 18.8 Å². The van der Waals surface area contributed by atoms with Gasteiger partial charge in [-0.15, -0.1) is 0 Å². The van der Waals surface area contributed by atoms with Crippen LogP contribution < -0.4 is 0 Å². The number of hydrogen-bond acceptors (Lipinski definition) is 4. The zero-order valence-corrected chi connectivity index (χ0v) is 58.2. The third-order valence-corrected chi connectivity index (χ3v) is 22.7. The topological polar surface area (TPSA) is 61.9 Å². The van der Waals surface area contributed by atoms with Crippen molar-refractivity contribution in [3.8, 4) is 56.1 Å². The monoisotopic (exact) mass is 1370 g/mol. The van der Waals surface area contributed by atoms with Crippen LogP contribution in [0.2, 0.25) is 0 Å². The summed E-state index contributed by atoms with van der Waals surface area (Å²) in [5.74, 6) is 1.71. The molecule has 0 unspecified atom stereocenters. The van der Waals surface area contributed by atoms with Crippen molar-refractivity contribution in [1.29, 1.82) is 0 Å². The van der Waals surface area contributed by atoms with Crippen LogP contribution >= 0.6 is 0 Å². The standard InChI is InChI=1S/2C51H30N2O/c1-2-15-31(16-3-1)32-17-14-18-33(29-32)41-30-45(52-42-26-11-8-21-36(41)42)53-43-27-12-9-24-39(43)48-46-37-22-6-4-19-34(37)35-20-5-7-23-38(35)47(46)49-40-25-10-13-28-44(40)54-51(49)50(48)53;1-2-14-31(15-3-1)32-26-28-33(29-27-32)41-30-45(52-42-23-11-8-18-36(41)42)53-43-24-12-9-21-39(43)48-46-37-19-6-4-16-34(37)35-17-5-7-20-38(35)47(46)49-40-22-10-13-25-44(40)54-51(49)50(48)53/h2*1-30H. The van der Waals surface area contributed by atoms with Crippen LogP contribution in [-0.2, 0) is 0 Å². The van der Waals surface area contributed by atoms with Gasteiger partial charge in [0.25, 0.3) is 0 Å². The highest BCUT2D eigenvalue weighted by atomic mass is 16.3. The van der Waals surface area contributed by atoms with Gasteiger partial charge in [-0.2, -0.15) is 0 Å². The van der Waals surface area contributed by atoms with Gasteiger partial charge in [-0.25, -0.2) is 9.97 Å². The van der Waals surface area contributed by atoms with E-state index in [9.17, 15) is 0 Å². The zero-order valence-electron chi connectivity index (χ0n) is 58.2. The molecule has 6 aromatic heterocycles. The molecule has 0 N–H and O–H groups in total. The summed E-state index contributed by atoms with van der Waals surface area (Å²) < 4.78 is 18.8. The van der Waals surface area contributed by atoms with Gasteiger partial charge in [0.05, 0.1) is 33.1 Å². The van der Waals surface area contributed by atoms with Gasteiger partial charge in [-0.1, -0.05) is 309 Å². The zero-order chi connectivity index (χ0) is 70.7. The Morgan fingerprint density at radius 2 is 0.500 bits per heavy atom. The van der Waals surface area contributed by atoms with Crippen molar-refractivity contribution in [3.05, 3.63) is 364 Å². The van der Waals surface area contributed by atoms with Gasteiger partial charge in [-0.05, 0) is 142 Å². The molecule has 108 heavy (non-hydrogen) atoms. The molecule has 18 aromatic carbocycles. The second kappa shape index (κ2) is 23.5. The van der Waals surface area contributed by atoms with Crippen LogP contribution in [0.1, 0.15) is 0 Å². The second-order valence-electron chi connectivity index (χ2n) is 28.4. The molecule has 0 amide bonds. The van der Waals surface area contributed by atoms with E-state index in [1.54, 1.807) is 0 Å². The average molecular weight is 1370 g/mol. The Morgan fingerprint density at radius 1 is 0.194 bits per heavy atom. The number of benzene rings is 18. The van der Waals surface area contributed by atoms with E-state index in [1.165, 1.54) is 108 Å². The van der Waals surface area contributed by atoms with Gasteiger partial charge < -0.3 is 8.83 Å². The fraction of sp³-hybridized carbons (Fsp3) is 0. The molecule has 24 aromatic rings. The van der Waals surface area contributed by atoms with Gasteiger partial charge >= 0.3 is 0 Å². The first kappa shape index (κ1) is 60.0. The Hall–Kier alpha value is -14.5. The molecule has 0 radical (unpaired) electrons. The van der Waals surface area contributed by atoms with Crippen LogP contribution in [0.3, 0.4) is 0 Å². The summed E-state index contributed by atoms with van der Waals surface area (Å²) >= 11 is 0. The summed E-state index contributed by atoms with van der Waals surface area (Å²) in [5.41, 5.74) is 19.0. The molecule has 24 rings (SSSR count). The molecule has 6 heterocycles. The average Bonchev–Trinajstić information content (AvgIpc) is 1.50. The van der Waals surface area contributed by atoms with E-state index in [0.717, 1.165) is 122 Å². The van der Waals surface area contributed by atoms with E-state index in [0.29, 0.717) is 0 Å². The van der Waals surface area contributed by atoms with Crippen molar-refractivity contribution >= 4 is 174 Å². The van der Waals surface area contributed by atoms with Crippen molar-refractivity contribution in [1.82, 2.24) is 19.1 Å². The Labute approximate surface area is 618 Å². The molecule has 0 saturated carbocycles. The molecule has 0 fully saturated rings. The predicted molar refractivity (Wildman–Crippen MR) is 454 cm³/mol. The maximum Gasteiger partial charge on any atom is 0.160 e. The van der Waals surface area contributed by atoms with Gasteiger partial charge in [0, 0.05) is 75.4 Å². The summed E-state index contributed by atoms with van der Waals surface area (Å²) in [5, 5.41) is 26.3. The Balaban J connectivity index is 0.000000130. The van der Waals surface area contributed by atoms with Gasteiger partial charge in [0.15, 0.2) is 11.2 Å². The number of aromatic nitrogens is 4. The lowest BCUT2D eigenvalue weighted by atomic mass is 9.89. The van der Waals surface area contributed by atoms with E-state index >= 15 is 0 Å². The normalized spacial score (nSPS) is 12.1. The van der Waals surface area contributed by atoms with Crippen molar-refractivity contribution in [2.45, 2.75) is 0 Å². The summed E-state index contributed by atoms with van der Waals surface area (Å²) in [7, 11) is 0. The van der Waals surface area contributed by atoms with Crippen LogP contribution in [0, 0.1) is 0 Å². The highest BCUT2D eigenvalue weighted by Gasteiger charge is 2.30. The minimum Gasteiger partial charge on any atom is -0.454 e. The minimum atomic E-state index is 0.853. The first-order chi connectivity index (χ1) is 53.6. The molecule has 6 heteroatoms. The first-order valence-corrected chi connectivity index (χ1v) is 36.9. The molecule has 0 aliphatic rings. The number of fused-ring (bicyclic) bond motifs is 32.